The lowest BCUT2D eigenvalue weighted by Gasteiger charge is -2.17. The van der Waals surface area contributed by atoms with Gasteiger partial charge in [0, 0.05) is 30.4 Å². The molecule has 25 heavy (non-hydrogen) atoms. The van der Waals surface area contributed by atoms with Gasteiger partial charge in [-0.15, -0.1) is 0 Å². The molecular weight excluding hydrogens is 336 g/mol. The smallest absolute Gasteiger partial charge is 0.191 e. The third-order valence-electron chi connectivity index (χ3n) is 3.77. The number of nitrogens with one attached hydrogen (secondary N) is 2. The molecule has 2 rings (SSSR count). The van der Waals surface area contributed by atoms with Crippen molar-refractivity contribution in [3.63, 3.8) is 0 Å². The second-order valence-electron chi connectivity index (χ2n) is 6.15. The normalized spacial score (nSPS) is 13.6. The number of benzene rings is 1. The van der Waals surface area contributed by atoms with Gasteiger partial charge < -0.3 is 10.6 Å². The van der Waals surface area contributed by atoms with Crippen LogP contribution >= 0.6 is 0 Å². The van der Waals surface area contributed by atoms with E-state index < -0.39 is 9.84 Å². The van der Waals surface area contributed by atoms with Crippen molar-refractivity contribution < 1.29 is 8.42 Å². The van der Waals surface area contributed by atoms with E-state index in [9.17, 15) is 8.42 Å². The predicted molar refractivity (Wildman–Crippen MR) is 103 cm³/mol. The number of hydrogen-bond donors (Lipinski definition) is 2. The Hall–Kier alpha value is -2.15. The summed E-state index contributed by atoms with van der Waals surface area (Å²) in [5.41, 5.74) is 2.01. The summed E-state index contributed by atoms with van der Waals surface area (Å²) in [7, 11) is -2.96. The van der Waals surface area contributed by atoms with Gasteiger partial charge in [0.25, 0.3) is 0 Å². The first-order chi connectivity index (χ1) is 11.9. The third-order valence-corrected chi connectivity index (χ3v) is 4.75. The van der Waals surface area contributed by atoms with E-state index >= 15 is 0 Å². The molecule has 0 aliphatic heterocycles. The summed E-state index contributed by atoms with van der Waals surface area (Å²) >= 11 is 0. The third kappa shape index (κ3) is 6.34. The molecule has 0 aliphatic carbocycles. The minimum absolute atomic E-state index is 0.0122. The van der Waals surface area contributed by atoms with Crippen LogP contribution < -0.4 is 10.6 Å². The summed E-state index contributed by atoms with van der Waals surface area (Å²) in [6.45, 7) is 5.19. The molecule has 136 valence electrons. The molecular formula is C18H26N4O2S. The van der Waals surface area contributed by atoms with E-state index in [0.717, 1.165) is 23.0 Å². The molecule has 6 nitrogen and oxygen atoms in total. The first kappa shape index (κ1) is 19.2. The number of fused-ring (bicyclic) bond motifs is 1. The van der Waals surface area contributed by atoms with Crippen LogP contribution in [0, 0.1) is 0 Å². The van der Waals surface area contributed by atoms with Gasteiger partial charge in [-0.05, 0) is 31.9 Å². The maximum atomic E-state index is 11.3. The SMILES string of the molecule is CCNC(=NCc1cccc2cccnc12)NC(C)CCS(C)(=O)=O. The number of sulfone groups is 1. The van der Waals surface area contributed by atoms with Crippen LogP contribution in [0.3, 0.4) is 0 Å². The zero-order valence-corrected chi connectivity index (χ0v) is 15.8. The molecule has 0 saturated carbocycles. The van der Waals surface area contributed by atoms with Crippen LogP contribution in [0.4, 0.5) is 0 Å². The highest BCUT2D eigenvalue weighted by Gasteiger charge is 2.10. The lowest BCUT2D eigenvalue weighted by Crippen LogP contribution is -2.42. The second-order valence-corrected chi connectivity index (χ2v) is 8.41. The van der Waals surface area contributed by atoms with Gasteiger partial charge >= 0.3 is 0 Å². The quantitative estimate of drug-likeness (QED) is 0.582. The van der Waals surface area contributed by atoms with E-state index in [1.165, 1.54) is 6.26 Å². The topological polar surface area (TPSA) is 83.4 Å². The molecule has 7 heteroatoms. The zero-order valence-electron chi connectivity index (χ0n) is 15.0. The minimum atomic E-state index is -2.96. The maximum absolute atomic E-state index is 11.3. The van der Waals surface area contributed by atoms with E-state index in [4.69, 9.17) is 0 Å². The number of nitrogens with zero attached hydrogens (tertiary/aromatic N) is 2. The lowest BCUT2D eigenvalue weighted by molar-refractivity contribution is 0.581. The van der Waals surface area contributed by atoms with E-state index in [1.54, 1.807) is 6.20 Å². The van der Waals surface area contributed by atoms with Gasteiger partial charge in [0.2, 0.25) is 0 Å². The molecule has 0 fully saturated rings. The summed E-state index contributed by atoms with van der Waals surface area (Å²) in [6.07, 6.45) is 3.58. The fourth-order valence-electron chi connectivity index (χ4n) is 2.48. The van der Waals surface area contributed by atoms with Gasteiger partial charge in [-0.1, -0.05) is 24.3 Å². The first-order valence-corrected chi connectivity index (χ1v) is 10.5. The number of aliphatic imine (C=N–C) groups is 1. The highest BCUT2D eigenvalue weighted by atomic mass is 32.2. The zero-order chi connectivity index (χ0) is 18.3. The number of hydrogen-bond acceptors (Lipinski definition) is 4. The average molecular weight is 362 g/mol. The number of pyridine rings is 1. The molecule has 1 aromatic carbocycles. The fourth-order valence-corrected chi connectivity index (χ4v) is 3.26. The van der Waals surface area contributed by atoms with Crippen molar-refractivity contribution >= 4 is 26.7 Å². The summed E-state index contributed by atoms with van der Waals surface area (Å²) in [6, 6.07) is 10.0. The predicted octanol–water partition coefficient (Wildman–Crippen LogP) is 2.11. The highest BCUT2D eigenvalue weighted by Crippen LogP contribution is 2.16. The Kier molecular flexibility index (Phi) is 6.75. The Morgan fingerprint density at radius 1 is 1.28 bits per heavy atom. The van der Waals surface area contributed by atoms with Crippen LogP contribution in [0.2, 0.25) is 0 Å². The Labute approximate surface area is 149 Å². The summed E-state index contributed by atoms with van der Waals surface area (Å²) in [4.78, 5) is 9.07. The van der Waals surface area contributed by atoms with Gasteiger partial charge in [-0.2, -0.15) is 0 Å². The molecule has 0 aliphatic rings. The molecule has 1 aromatic heterocycles. The Morgan fingerprint density at radius 2 is 2.04 bits per heavy atom. The van der Waals surface area contributed by atoms with Crippen molar-refractivity contribution in [3.8, 4) is 0 Å². The Bertz CT molecular complexity index is 829. The van der Waals surface area contributed by atoms with Crippen molar-refractivity contribution in [3.05, 3.63) is 42.1 Å². The van der Waals surface area contributed by atoms with Gasteiger partial charge in [0.05, 0.1) is 17.8 Å². The molecule has 0 radical (unpaired) electrons. The van der Waals surface area contributed by atoms with Gasteiger partial charge in [0.1, 0.15) is 9.84 Å². The van der Waals surface area contributed by atoms with E-state index in [-0.39, 0.29) is 11.8 Å². The largest absolute Gasteiger partial charge is 0.357 e. The van der Waals surface area contributed by atoms with Crippen LogP contribution in [-0.4, -0.2) is 44.0 Å². The number of aromatic nitrogens is 1. The van der Waals surface area contributed by atoms with E-state index in [1.807, 2.05) is 44.2 Å². The Morgan fingerprint density at radius 3 is 2.76 bits per heavy atom. The molecule has 0 spiro atoms. The molecule has 0 amide bonds. The van der Waals surface area contributed by atoms with Gasteiger partial charge in [0.15, 0.2) is 5.96 Å². The Balaban J connectivity index is 2.08. The van der Waals surface area contributed by atoms with Crippen LogP contribution in [0.5, 0.6) is 0 Å². The number of para-hydroxylation sites is 1. The summed E-state index contributed by atoms with van der Waals surface area (Å²) in [5, 5.41) is 7.55. The van der Waals surface area contributed by atoms with Crippen LogP contribution in [-0.2, 0) is 16.4 Å². The number of rotatable bonds is 7. The van der Waals surface area contributed by atoms with Crippen molar-refractivity contribution in [1.29, 1.82) is 0 Å². The van der Waals surface area contributed by atoms with Gasteiger partial charge in [-0.3, -0.25) is 4.98 Å². The average Bonchev–Trinajstić information content (AvgIpc) is 2.57. The minimum Gasteiger partial charge on any atom is -0.357 e. The lowest BCUT2D eigenvalue weighted by atomic mass is 10.1. The maximum Gasteiger partial charge on any atom is 0.191 e. The molecule has 0 saturated heterocycles. The molecule has 2 N–H and O–H groups in total. The van der Waals surface area contributed by atoms with Crippen molar-refractivity contribution in [2.75, 3.05) is 18.6 Å². The molecule has 0 bridgehead atoms. The second kappa shape index (κ2) is 8.80. The van der Waals surface area contributed by atoms with Gasteiger partial charge in [-0.25, -0.2) is 13.4 Å². The standard InChI is InChI=1S/C18H26N4O2S/c1-4-19-18(22-14(2)10-12-25(3,23)24)21-13-16-8-5-7-15-9-6-11-20-17(15)16/h5-9,11,14H,4,10,12-13H2,1-3H3,(H2,19,21,22). The molecule has 2 aromatic rings. The van der Waals surface area contributed by atoms with Crippen molar-refractivity contribution in [1.82, 2.24) is 15.6 Å². The van der Waals surface area contributed by atoms with E-state index in [2.05, 4.69) is 20.6 Å². The molecule has 1 heterocycles. The molecule has 1 atom stereocenters. The van der Waals surface area contributed by atoms with E-state index in [0.29, 0.717) is 18.9 Å². The van der Waals surface area contributed by atoms with Crippen LogP contribution in [0.1, 0.15) is 25.8 Å². The highest BCUT2D eigenvalue weighted by molar-refractivity contribution is 7.90. The van der Waals surface area contributed by atoms with Crippen LogP contribution in [0.25, 0.3) is 10.9 Å². The van der Waals surface area contributed by atoms with Crippen molar-refractivity contribution in [2.24, 2.45) is 4.99 Å². The van der Waals surface area contributed by atoms with Crippen LogP contribution in [0.15, 0.2) is 41.5 Å². The molecule has 1 unspecified atom stereocenters. The summed E-state index contributed by atoms with van der Waals surface area (Å²) in [5.74, 6) is 0.838. The first-order valence-electron chi connectivity index (χ1n) is 8.44. The monoisotopic (exact) mass is 362 g/mol. The summed E-state index contributed by atoms with van der Waals surface area (Å²) < 4.78 is 22.6. The fraction of sp³-hybridized carbons (Fsp3) is 0.444. The number of guanidine groups is 1. The van der Waals surface area contributed by atoms with Crippen molar-refractivity contribution in [2.45, 2.75) is 32.9 Å².